The van der Waals surface area contributed by atoms with Crippen molar-refractivity contribution in [2.24, 2.45) is 0 Å². The maximum Gasteiger partial charge on any atom is 0.338 e. The number of ether oxygens (including phenoxy) is 1. The highest BCUT2D eigenvalue weighted by atomic mass is 35.5. The van der Waals surface area contributed by atoms with Crippen LogP contribution in [0.3, 0.4) is 0 Å². The lowest BCUT2D eigenvalue weighted by Gasteiger charge is -2.13. The van der Waals surface area contributed by atoms with Gasteiger partial charge in [0.2, 0.25) is 0 Å². The smallest absolute Gasteiger partial charge is 0.338 e. The van der Waals surface area contributed by atoms with Crippen LogP contribution >= 0.6 is 23.2 Å². The fourth-order valence-corrected chi connectivity index (χ4v) is 2.36. The Balaban J connectivity index is 1.93. The SMILES string of the molecule is CN(C)c1cccc(C(=O)OCC(=O)Nc2ccc(Cl)cc2Cl)c1. The van der Waals surface area contributed by atoms with Crippen molar-refractivity contribution in [1.82, 2.24) is 0 Å². The molecule has 0 saturated carbocycles. The van der Waals surface area contributed by atoms with E-state index in [4.69, 9.17) is 27.9 Å². The van der Waals surface area contributed by atoms with Gasteiger partial charge in [-0.05, 0) is 36.4 Å². The standard InChI is InChI=1S/C17H16Cl2N2O3/c1-21(2)13-5-3-4-11(8-13)17(23)24-10-16(22)20-15-7-6-12(18)9-14(15)19/h3-9H,10H2,1-2H3,(H,20,22). The molecule has 5 nitrogen and oxygen atoms in total. The van der Waals surface area contributed by atoms with Gasteiger partial charge >= 0.3 is 5.97 Å². The molecule has 24 heavy (non-hydrogen) atoms. The molecule has 0 heterocycles. The molecule has 0 radical (unpaired) electrons. The minimum absolute atomic E-state index is 0.306. The lowest BCUT2D eigenvalue weighted by molar-refractivity contribution is -0.119. The number of amides is 1. The number of hydrogen-bond donors (Lipinski definition) is 1. The molecule has 1 amide bonds. The molecule has 0 fully saturated rings. The van der Waals surface area contributed by atoms with E-state index in [1.54, 1.807) is 30.3 Å². The van der Waals surface area contributed by atoms with Crippen LogP contribution in [0.25, 0.3) is 0 Å². The Labute approximate surface area is 150 Å². The molecule has 0 atom stereocenters. The number of halogens is 2. The van der Waals surface area contributed by atoms with Crippen molar-refractivity contribution in [2.75, 3.05) is 30.9 Å². The summed E-state index contributed by atoms with van der Waals surface area (Å²) in [6.07, 6.45) is 0. The minimum atomic E-state index is -0.573. The first-order valence-electron chi connectivity index (χ1n) is 7.06. The summed E-state index contributed by atoms with van der Waals surface area (Å²) in [7, 11) is 3.74. The monoisotopic (exact) mass is 366 g/mol. The Hall–Kier alpha value is -2.24. The fourth-order valence-electron chi connectivity index (χ4n) is 1.90. The normalized spacial score (nSPS) is 10.2. The van der Waals surface area contributed by atoms with E-state index in [-0.39, 0.29) is 0 Å². The molecule has 2 aromatic carbocycles. The number of hydrogen-bond acceptors (Lipinski definition) is 4. The van der Waals surface area contributed by atoms with Crippen molar-refractivity contribution in [3.63, 3.8) is 0 Å². The summed E-state index contributed by atoms with van der Waals surface area (Å²) in [5.74, 6) is -1.06. The van der Waals surface area contributed by atoms with Gasteiger partial charge in [-0.25, -0.2) is 4.79 Å². The molecular weight excluding hydrogens is 351 g/mol. The largest absolute Gasteiger partial charge is 0.452 e. The summed E-state index contributed by atoms with van der Waals surface area (Å²) < 4.78 is 5.02. The predicted octanol–water partition coefficient (Wildman–Crippen LogP) is 3.85. The molecule has 0 aliphatic carbocycles. The number of nitrogens with one attached hydrogen (secondary N) is 1. The molecule has 2 aromatic rings. The van der Waals surface area contributed by atoms with Gasteiger partial charge in [0.15, 0.2) is 6.61 Å². The van der Waals surface area contributed by atoms with Crippen molar-refractivity contribution in [1.29, 1.82) is 0 Å². The third-order valence-corrected chi connectivity index (χ3v) is 3.69. The Bertz CT molecular complexity index is 763. The molecule has 2 rings (SSSR count). The average molecular weight is 367 g/mol. The van der Waals surface area contributed by atoms with Gasteiger partial charge in [0.25, 0.3) is 5.91 Å². The summed E-state index contributed by atoms with van der Waals surface area (Å²) in [6, 6.07) is 11.6. The Kier molecular flexibility index (Phi) is 6.06. The van der Waals surface area contributed by atoms with Crippen molar-refractivity contribution in [3.05, 3.63) is 58.1 Å². The van der Waals surface area contributed by atoms with Crippen molar-refractivity contribution in [2.45, 2.75) is 0 Å². The van der Waals surface area contributed by atoms with Crippen molar-refractivity contribution < 1.29 is 14.3 Å². The van der Waals surface area contributed by atoms with E-state index in [0.29, 0.717) is 21.3 Å². The first-order valence-corrected chi connectivity index (χ1v) is 7.82. The van der Waals surface area contributed by atoms with Gasteiger partial charge in [-0.15, -0.1) is 0 Å². The molecule has 0 unspecified atom stereocenters. The highest BCUT2D eigenvalue weighted by Gasteiger charge is 2.12. The first kappa shape index (κ1) is 18.1. The van der Waals surface area contributed by atoms with Gasteiger partial charge in [0.1, 0.15) is 0 Å². The van der Waals surface area contributed by atoms with Crippen LogP contribution in [-0.2, 0) is 9.53 Å². The van der Waals surface area contributed by atoms with Gasteiger partial charge in [-0.3, -0.25) is 4.79 Å². The number of nitrogens with zero attached hydrogens (tertiary/aromatic N) is 1. The zero-order valence-corrected chi connectivity index (χ0v) is 14.7. The third kappa shape index (κ3) is 4.88. The van der Waals surface area contributed by atoms with E-state index in [0.717, 1.165) is 5.69 Å². The molecule has 0 aliphatic heterocycles. The van der Waals surface area contributed by atoms with Gasteiger partial charge in [0, 0.05) is 24.8 Å². The van der Waals surface area contributed by atoms with Crippen LogP contribution in [-0.4, -0.2) is 32.6 Å². The first-order chi connectivity index (χ1) is 11.4. The molecule has 0 spiro atoms. The molecule has 0 aromatic heterocycles. The lowest BCUT2D eigenvalue weighted by Crippen LogP contribution is -2.21. The third-order valence-electron chi connectivity index (χ3n) is 3.14. The van der Waals surface area contributed by atoms with Gasteiger partial charge < -0.3 is 15.0 Å². The van der Waals surface area contributed by atoms with Crippen molar-refractivity contribution >= 4 is 46.5 Å². The highest BCUT2D eigenvalue weighted by molar-refractivity contribution is 6.36. The van der Waals surface area contributed by atoms with Crippen LogP contribution in [0.2, 0.25) is 10.0 Å². The number of benzene rings is 2. The van der Waals surface area contributed by atoms with E-state index in [1.165, 1.54) is 6.07 Å². The Morgan fingerprint density at radius 1 is 1.12 bits per heavy atom. The van der Waals surface area contributed by atoms with E-state index in [9.17, 15) is 9.59 Å². The summed E-state index contributed by atoms with van der Waals surface area (Å²) in [6.45, 7) is -0.413. The molecule has 0 aliphatic rings. The van der Waals surface area contributed by atoms with Crippen molar-refractivity contribution in [3.8, 4) is 0 Å². The molecule has 7 heteroatoms. The Morgan fingerprint density at radius 3 is 2.54 bits per heavy atom. The zero-order valence-electron chi connectivity index (χ0n) is 13.2. The highest BCUT2D eigenvalue weighted by Crippen LogP contribution is 2.25. The predicted molar refractivity (Wildman–Crippen MR) is 96.1 cm³/mol. The summed E-state index contributed by atoms with van der Waals surface area (Å²) in [4.78, 5) is 25.8. The number of carbonyl (C=O) groups excluding carboxylic acids is 2. The topological polar surface area (TPSA) is 58.6 Å². The van der Waals surface area contributed by atoms with Crippen LogP contribution in [0.5, 0.6) is 0 Å². The van der Waals surface area contributed by atoms with Crippen LogP contribution in [0.4, 0.5) is 11.4 Å². The molecule has 0 saturated heterocycles. The molecule has 0 bridgehead atoms. The number of esters is 1. The summed E-state index contributed by atoms with van der Waals surface area (Å²) in [5.41, 5.74) is 1.64. The van der Waals surface area contributed by atoms with Crippen LogP contribution in [0, 0.1) is 0 Å². The minimum Gasteiger partial charge on any atom is -0.452 e. The number of rotatable bonds is 5. The maximum atomic E-state index is 12.0. The maximum absolute atomic E-state index is 12.0. The van der Waals surface area contributed by atoms with Crippen LogP contribution in [0.1, 0.15) is 10.4 Å². The fraction of sp³-hybridized carbons (Fsp3) is 0.176. The lowest BCUT2D eigenvalue weighted by atomic mass is 10.2. The second-order valence-electron chi connectivity index (χ2n) is 5.19. The van der Waals surface area contributed by atoms with E-state index >= 15 is 0 Å². The Morgan fingerprint density at radius 2 is 1.88 bits per heavy atom. The van der Waals surface area contributed by atoms with Crippen LogP contribution < -0.4 is 10.2 Å². The molecule has 126 valence electrons. The van der Waals surface area contributed by atoms with Crippen LogP contribution in [0.15, 0.2) is 42.5 Å². The van der Waals surface area contributed by atoms with Gasteiger partial charge in [-0.2, -0.15) is 0 Å². The molecule has 1 N–H and O–H groups in total. The quantitative estimate of drug-likeness (QED) is 0.816. The second-order valence-corrected chi connectivity index (χ2v) is 6.04. The second kappa shape index (κ2) is 8.04. The van der Waals surface area contributed by atoms with E-state index in [2.05, 4.69) is 5.32 Å². The number of anilines is 2. The summed E-state index contributed by atoms with van der Waals surface area (Å²) >= 11 is 11.8. The molecular formula is C17H16Cl2N2O3. The zero-order chi connectivity index (χ0) is 17.7. The number of carbonyl (C=O) groups is 2. The van der Waals surface area contributed by atoms with Gasteiger partial charge in [-0.1, -0.05) is 29.3 Å². The van der Waals surface area contributed by atoms with E-state index < -0.39 is 18.5 Å². The van der Waals surface area contributed by atoms with Gasteiger partial charge in [0.05, 0.1) is 16.3 Å². The van der Waals surface area contributed by atoms with E-state index in [1.807, 2.05) is 25.1 Å². The average Bonchev–Trinajstić information content (AvgIpc) is 2.55. The summed E-state index contributed by atoms with van der Waals surface area (Å²) in [5, 5.41) is 3.33.